The summed E-state index contributed by atoms with van der Waals surface area (Å²) in [4.78, 5) is 18.1. The van der Waals surface area contributed by atoms with Crippen LogP contribution >= 0.6 is 0 Å². The molecule has 0 bridgehead atoms. The van der Waals surface area contributed by atoms with Crippen molar-refractivity contribution >= 4 is 22.6 Å². The van der Waals surface area contributed by atoms with E-state index in [1.54, 1.807) is 0 Å². The van der Waals surface area contributed by atoms with E-state index in [9.17, 15) is 4.79 Å². The Morgan fingerprint density at radius 3 is 2.80 bits per heavy atom. The molecular weight excluding hydrogens is 252 g/mol. The topological polar surface area (TPSA) is 42.4 Å². The molecule has 0 saturated carbocycles. The molecule has 4 nitrogen and oxygen atoms in total. The second kappa shape index (κ2) is 6.37. The minimum Gasteiger partial charge on any atom is -0.469 e. The molecule has 2 rings (SSSR count). The lowest BCUT2D eigenvalue weighted by Crippen LogP contribution is -2.26. The van der Waals surface area contributed by atoms with Gasteiger partial charge in [0.25, 0.3) is 0 Å². The van der Waals surface area contributed by atoms with Gasteiger partial charge in [-0.05, 0) is 26.0 Å². The number of hydrogen-bond donors (Lipinski definition) is 0. The molecule has 0 amide bonds. The van der Waals surface area contributed by atoms with Crippen molar-refractivity contribution in [3.8, 4) is 0 Å². The van der Waals surface area contributed by atoms with Crippen LogP contribution in [0.2, 0.25) is 0 Å². The highest BCUT2D eigenvalue weighted by Crippen LogP contribution is 2.26. The van der Waals surface area contributed by atoms with Gasteiger partial charge in [-0.15, -0.1) is 0 Å². The van der Waals surface area contributed by atoms with E-state index in [0.717, 1.165) is 28.8 Å². The van der Waals surface area contributed by atoms with Gasteiger partial charge in [-0.1, -0.05) is 18.2 Å². The predicted molar refractivity (Wildman–Crippen MR) is 81.0 cm³/mol. The summed E-state index contributed by atoms with van der Waals surface area (Å²) in [7, 11) is 1.42. The van der Waals surface area contributed by atoms with E-state index >= 15 is 0 Å². The first-order chi connectivity index (χ1) is 9.65. The lowest BCUT2D eigenvalue weighted by molar-refractivity contribution is -0.140. The van der Waals surface area contributed by atoms with Crippen LogP contribution in [0, 0.1) is 6.92 Å². The van der Waals surface area contributed by atoms with Crippen molar-refractivity contribution in [2.24, 2.45) is 0 Å². The van der Waals surface area contributed by atoms with Crippen LogP contribution in [-0.4, -0.2) is 31.2 Å². The zero-order valence-corrected chi connectivity index (χ0v) is 12.2. The average molecular weight is 272 g/mol. The molecule has 4 heteroatoms. The lowest BCUT2D eigenvalue weighted by Gasteiger charge is -2.24. The van der Waals surface area contributed by atoms with Crippen LogP contribution in [0.15, 0.2) is 30.3 Å². The van der Waals surface area contributed by atoms with Crippen LogP contribution in [0.3, 0.4) is 0 Å². The van der Waals surface area contributed by atoms with E-state index in [-0.39, 0.29) is 5.97 Å². The van der Waals surface area contributed by atoms with Crippen LogP contribution < -0.4 is 4.90 Å². The molecular formula is C16H20N2O2. The van der Waals surface area contributed by atoms with Gasteiger partial charge in [-0.3, -0.25) is 9.78 Å². The molecule has 0 fully saturated rings. The van der Waals surface area contributed by atoms with Gasteiger partial charge in [0, 0.05) is 29.9 Å². The van der Waals surface area contributed by atoms with Gasteiger partial charge in [-0.25, -0.2) is 0 Å². The number of rotatable bonds is 5. The van der Waals surface area contributed by atoms with Gasteiger partial charge in [-0.2, -0.15) is 0 Å². The molecule has 0 radical (unpaired) electrons. The summed E-state index contributed by atoms with van der Waals surface area (Å²) >= 11 is 0. The second-order valence-corrected chi connectivity index (χ2v) is 4.71. The number of carbonyl (C=O) groups excluding carboxylic acids is 1. The lowest BCUT2D eigenvalue weighted by atomic mass is 10.1. The standard InChI is InChI=1S/C16H20N2O2/c1-4-18(10-9-16(19)20-3)15-11-12(2)17-14-8-6-5-7-13(14)15/h5-8,11H,4,9-10H2,1-3H3. The summed E-state index contributed by atoms with van der Waals surface area (Å²) < 4.78 is 4.71. The summed E-state index contributed by atoms with van der Waals surface area (Å²) in [5, 5.41) is 1.12. The minimum absolute atomic E-state index is 0.182. The summed E-state index contributed by atoms with van der Waals surface area (Å²) in [6.07, 6.45) is 0.389. The zero-order valence-electron chi connectivity index (χ0n) is 12.2. The average Bonchev–Trinajstić information content (AvgIpc) is 2.47. The summed E-state index contributed by atoms with van der Waals surface area (Å²) in [6.45, 7) is 5.56. The number of esters is 1. The fraction of sp³-hybridized carbons (Fsp3) is 0.375. The summed E-state index contributed by atoms with van der Waals surface area (Å²) in [5.41, 5.74) is 3.09. The smallest absolute Gasteiger partial charge is 0.307 e. The molecule has 0 saturated heterocycles. The molecule has 0 aliphatic rings. The zero-order chi connectivity index (χ0) is 14.5. The van der Waals surface area contributed by atoms with E-state index in [0.29, 0.717) is 13.0 Å². The van der Waals surface area contributed by atoms with E-state index in [2.05, 4.69) is 28.9 Å². The van der Waals surface area contributed by atoms with E-state index in [1.165, 1.54) is 7.11 Å². The van der Waals surface area contributed by atoms with Gasteiger partial charge in [0.1, 0.15) is 0 Å². The Hall–Kier alpha value is -2.10. The molecule has 0 aliphatic carbocycles. The molecule has 2 aromatic rings. The monoisotopic (exact) mass is 272 g/mol. The van der Waals surface area contributed by atoms with Crippen molar-refractivity contribution in [3.63, 3.8) is 0 Å². The summed E-state index contributed by atoms with van der Waals surface area (Å²) in [5.74, 6) is -0.182. The number of para-hydroxylation sites is 1. The Bertz CT molecular complexity index is 610. The van der Waals surface area contributed by atoms with Crippen LogP contribution in [0.4, 0.5) is 5.69 Å². The van der Waals surface area contributed by atoms with Gasteiger partial charge in [0.2, 0.25) is 0 Å². The third-order valence-corrected chi connectivity index (χ3v) is 3.36. The summed E-state index contributed by atoms with van der Waals surface area (Å²) in [6, 6.07) is 10.2. The highest BCUT2D eigenvalue weighted by atomic mass is 16.5. The van der Waals surface area contributed by atoms with Crippen molar-refractivity contribution in [2.45, 2.75) is 20.3 Å². The highest BCUT2D eigenvalue weighted by Gasteiger charge is 2.12. The Balaban J connectivity index is 2.36. The minimum atomic E-state index is -0.182. The SMILES string of the molecule is CCN(CCC(=O)OC)c1cc(C)nc2ccccc12. The van der Waals surface area contributed by atoms with Crippen molar-refractivity contribution in [3.05, 3.63) is 36.0 Å². The predicted octanol–water partition coefficient (Wildman–Crippen LogP) is 2.93. The highest BCUT2D eigenvalue weighted by molar-refractivity contribution is 5.92. The molecule has 1 heterocycles. The maximum absolute atomic E-state index is 11.3. The largest absolute Gasteiger partial charge is 0.469 e. The second-order valence-electron chi connectivity index (χ2n) is 4.71. The van der Waals surface area contributed by atoms with E-state index < -0.39 is 0 Å². The van der Waals surface area contributed by atoms with Crippen molar-refractivity contribution < 1.29 is 9.53 Å². The Morgan fingerprint density at radius 1 is 1.35 bits per heavy atom. The van der Waals surface area contributed by atoms with Crippen molar-refractivity contribution in [1.29, 1.82) is 0 Å². The molecule has 0 unspecified atom stereocenters. The molecule has 106 valence electrons. The molecule has 1 aromatic carbocycles. The van der Waals surface area contributed by atoms with Crippen molar-refractivity contribution in [2.75, 3.05) is 25.1 Å². The normalized spacial score (nSPS) is 10.6. The molecule has 0 atom stereocenters. The number of hydrogen-bond acceptors (Lipinski definition) is 4. The van der Waals surface area contributed by atoms with E-state index in [1.807, 2.05) is 25.1 Å². The number of methoxy groups -OCH3 is 1. The maximum Gasteiger partial charge on any atom is 0.307 e. The number of aromatic nitrogens is 1. The number of anilines is 1. The molecule has 0 spiro atoms. The van der Waals surface area contributed by atoms with Crippen LogP contribution in [-0.2, 0) is 9.53 Å². The number of ether oxygens (including phenoxy) is 1. The Morgan fingerprint density at radius 2 is 2.10 bits per heavy atom. The molecule has 0 N–H and O–H groups in total. The Labute approximate surface area is 119 Å². The third kappa shape index (κ3) is 3.07. The van der Waals surface area contributed by atoms with E-state index in [4.69, 9.17) is 4.74 Å². The fourth-order valence-electron chi connectivity index (χ4n) is 2.32. The number of benzene rings is 1. The van der Waals surface area contributed by atoms with Crippen LogP contribution in [0.25, 0.3) is 10.9 Å². The van der Waals surface area contributed by atoms with Gasteiger partial charge < -0.3 is 9.64 Å². The Kier molecular flexibility index (Phi) is 4.56. The number of carbonyl (C=O) groups is 1. The third-order valence-electron chi connectivity index (χ3n) is 3.36. The van der Waals surface area contributed by atoms with Gasteiger partial charge in [0.15, 0.2) is 0 Å². The van der Waals surface area contributed by atoms with Gasteiger partial charge >= 0.3 is 5.97 Å². The molecule has 0 aliphatic heterocycles. The van der Waals surface area contributed by atoms with Gasteiger partial charge in [0.05, 0.1) is 19.0 Å². The first-order valence-electron chi connectivity index (χ1n) is 6.84. The first kappa shape index (κ1) is 14.3. The molecule has 1 aromatic heterocycles. The van der Waals surface area contributed by atoms with Crippen molar-refractivity contribution in [1.82, 2.24) is 4.98 Å². The first-order valence-corrected chi connectivity index (χ1v) is 6.84. The van der Waals surface area contributed by atoms with Crippen LogP contribution in [0.1, 0.15) is 19.0 Å². The maximum atomic E-state index is 11.3. The number of nitrogens with zero attached hydrogens (tertiary/aromatic N) is 2. The quantitative estimate of drug-likeness (QED) is 0.785. The number of pyridine rings is 1. The number of fused-ring (bicyclic) bond motifs is 1. The number of aryl methyl sites for hydroxylation is 1. The fourth-order valence-corrected chi connectivity index (χ4v) is 2.32. The van der Waals surface area contributed by atoms with Crippen LogP contribution in [0.5, 0.6) is 0 Å². The molecule has 20 heavy (non-hydrogen) atoms.